The highest BCUT2D eigenvalue weighted by Gasteiger charge is 2.05. The van der Waals surface area contributed by atoms with E-state index in [9.17, 15) is 0 Å². The smallest absolute Gasteiger partial charge is 0.0484 e. The van der Waals surface area contributed by atoms with Crippen LogP contribution in [0.2, 0.25) is 0 Å². The number of halogens is 2. The van der Waals surface area contributed by atoms with Crippen molar-refractivity contribution in [2.75, 3.05) is 5.73 Å². The van der Waals surface area contributed by atoms with Crippen LogP contribution in [0.25, 0.3) is 10.8 Å². The Morgan fingerprint density at radius 2 is 1.62 bits per heavy atom. The average molecular weight is 301 g/mol. The van der Waals surface area contributed by atoms with Crippen LogP contribution in [-0.2, 0) is 0 Å². The van der Waals surface area contributed by atoms with Crippen molar-refractivity contribution in [3.63, 3.8) is 0 Å². The van der Waals surface area contributed by atoms with Crippen molar-refractivity contribution in [1.29, 1.82) is 0 Å². The van der Waals surface area contributed by atoms with E-state index in [4.69, 9.17) is 5.73 Å². The van der Waals surface area contributed by atoms with Crippen molar-refractivity contribution in [1.82, 2.24) is 0 Å². The quantitative estimate of drug-likeness (QED) is 0.733. The highest BCUT2D eigenvalue weighted by Crippen LogP contribution is 2.34. The number of rotatable bonds is 0. The molecule has 66 valence electrons. The van der Waals surface area contributed by atoms with E-state index in [0.29, 0.717) is 0 Å². The predicted octanol–water partition coefficient (Wildman–Crippen LogP) is 3.95. The Balaban J connectivity index is 2.97. The molecule has 13 heavy (non-hydrogen) atoms. The highest BCUT2D eigenvalue weighted by atomic mass is 79.9. The Morgan fingerprint density at radius 1 is 1.00 bits per heavy atom. The molecule has 0 saturated carbocycles. The van der Waals surface area contributed by atoms with Gasteiger partial charge in [0.25, 0.3) is 0 Å². The van der Waals surface area contributed by atoms with Gasteiger partial charge in [-0.05, 0) is 32.8 Å². The van der Waals surface area contributed by atoms with Crippen molar-refractivity contribution < 1.29 is 0 Å². The summed E-state index contributed by atoms with van der Waals surface area (Å²) in [5, 5.41) is 2.30. The molecule has 0 aliphatic rings. The fourth-order valence-electron chi connectivity index (χ4n) is 1.32. The first-order chi connectivity index (χ1) is 6.20. The number of hydrogen-bond acceptors (Lipinski definition) is 1. The normalized spacial score (nSPS) is 10.6. The van der Waals surface area contributed by atoms with Gasteiger partial charge >= 0.3 is 0 Å². The fraction of sp³-hybridized carbons (Fsp3) is 0. The van der Waals surface area contributed by atoms with Crippen molar-refractivity contribution in [2.45, 2.75) is 0 Å². The van der Waals surface area contributed by atoms with Gasteiger partial charge in [0, 0.05) is 14.6 Å². The summed E-state index contributed by atoms with van der Waals surface area (Å²) >= 11 is 6.95. The van der Waals surface area contributed by atoms with Crippen LogP contribution in [-0.4, -0.2) is 0 Å². The summed E-state index contributed by atoms with van der Waals surface area (Å²) < 4.78 is 2.00. The fourth-order valence-corrected chi connectivity index (χ4v) is 2.37. The molecule has 2 aromatic rings. The first kappa shape index (κ1) is 9.03. The summed E-state index contributed by atoms with van der Waals surface area (Å²) in [5.41, 5.74) is 6.57. The number of hydrogen-bond donors (Lipinski definition) is 1. The molecule has 0 heterocycles. The van der Waals surface area contributed by atoms with Gasteiger partial charge in [0.15, 0.2) is 0 Å². The minimum Gasteiger partial charge on any atom is -0.398 e. The van der Waals surface area contributed by atoms with Crippen LogP contribution < -0.4 is 5.73 Å². The van der Waals surface area contributed by atoms with E-state index < -0.39 is 0 Å². The number of benzene rings is 2. The molecule has 0 radical (unpaired) electrons. The van der Waals surface area contributed by atoms with Crippen LogP contribution in [0.5, 0.6) is 0 Å². The number of anilines is 1. The summed E-state index contributed by atoms with van der Waals surface area (Å²) in [6.45, 7) is 0. The lowest BCUT2D eigenvalue weighted by atomic mass is 10.1. The summed E-state index contributed by atoms with van der Waals surface area (Å²) in [4.78, 5) is 0. The molecule has 0 saturated heterocycles. The second-order valence-corrected chi connectivity index (χ2v) is 4.45. The lowest BCUT2D eigenvalue weighted by Crippen LogP contribution is -1.88. The van der Waals surface area contributed by atoms with Gasteiger partial charge in [-0.1, -0.05) is 40.2 Å². The molecular weight excluding hydrogens is 294 g/mol. The summed E-state index contributed by atoms with van der Waals surface area (Å²) in [7, 11) is 0. The molecule has 0 amide bonds. The van der Waals surface area contributed by atoms with Crippen LogP contribution in [0, 0.1) is 0 Å². The molecule has 0 aromatic heterocycles. The first-order valence-electron chi connectivity index (χ1n) is 3.82. The standard InChI is InChI=1S/C10H7Br2N/c11-8-5-9(13)10(12)7-4-2-1-3-6(7)8/h1-5H,13H2. The van der Waals surface area contributed by atoms with E-state index in [-0.39, 0.29) is 0 Å². The van der Waals surface area contributed by atoms with Crippen LogP contribution in [0.4, 0.5) is 5.69 Å². The number of nitrogens with two attached hydrogens (primary N) is 1. The first-order valence-corrected chi connectivity index (χ1v) is 5.41. The Hall–Kier alpha value is -0.540. The van der Waals surface area contributed by atoms with Gasteiger partial charge in [-0.3, -0.25) is 0 Å². The Labute approximate surface area is 93.2 Å². The third kappa shape index (κ3) is 1.46. The van der Waals surface area contributed by atoms with Gasteiger partial charge in [0.2, 0.25) is 0 Å². The van der Waals surface area contributed by atoms with Gasteiger partial charge in [0.05, 0.1) is 0 Å². The molecular formula is C10H7Br2N. The molecule has 0 unspecified atom stereocenters. The molecule has 2 aromatic carbocycles. The van der Waals surface area contributed by atoms with E-state index in [1.165, 1.54) is 5.39 Å². The maximum Gasteiger partial charge on any atom is 0.0484 e. The van der Waals surface area contributed by atoms with Crippen LogP contribution >= 0.6 is 31.9 Å². The number of nitrogen functional groups attached to an aromatic ring is 1. The SMILES string of the molecule is Nc1cc(Br)c2ccccc2c1Br. The van der Waals surface area contributed by atoms with Crippen molar-refractivity contribution in [2.24, 2.45) is 0 Å². The summed E-state index contributed by atoms with van der Waals surface area (Å²) in [6.07, 6.45) is 0. The average Bonchev–Trinajstić information content (AvgIpc) is 2.15. The Kier molecular flexibility index (Phi) is 2.30. The van der Waals surface area contributed by atoms with Crippen LogP contribution in [0.1, 0.15) is 0 Å². The second kappa shape index (κ2) is 3.31. The zero-order valence-electron chi connectivity index (χ0n) is 6.72. The molecule has 3 heteroatoms. The van der Waals surface area contributed by atoms with Gasteiger partial charge < -0.3 is 5.73 Å². The van der Waals surface area contributed by atoms with Crippen molar-refractivity contribution in [3.8, 4) is 0 Å². The van der Waals surface area contributed by atoms with E-state index in [0.717, 1.165) is 20.0 Å². The van der Waals surface area contributed by atoms with Gasteiger partial charge in [0.1, 0.15) is 0 Å². The lowest BCUT2D eigenvalue weighted by Gasteiger charge is -2.05. The Bertz CT molecular complexity index is 466. The zero-order chi connectivity index (χ0) is 9.42. The summed E-state index contributed by atoms with van der Waals surface area (Å²) in [5.74, 6) is 0. The molecule has 2 rings (SSSR count). The monoisotopic (exact) mass is 299 g/mol. The van der Waals surface area contributed by atoms with Crippen LogP contribution in [0.3, 0.4) is 0 Å². The van der Waals surface area contributed by atoms with E-state index in [2.05, 4.69) is 37.9 Å². The van der Waals surface area contributed by atoms with E-state index in [1.54, 1.807) is 0 Å². The van der Waals surface area contributed by atoms with Crippen molar-refractivity contribution in [3.05, 3.63) is 39.3 Å². The molecule has 0 aliphatic heterocycles. The molecule has 0 fully saturated rings. The molecule has 2 N–H and O–H groups in total. The molecule has 0 spiro atoms. The molecule has 0 atom stereocenters. The van der Waals surface area contributed by atoms with Crippen LogP contribution in [0.15, 0.2) is 39.3 Å². The predicted molar refractivity (Wildman–Crippen MR) is 63.8 cm³/mol. The van der Waals surface area contributed by atoms with Gasteiger partial charge in [-0.2, -0.15) is 0 Å². The number of fused-ring (bicyclic) bond motifs is 1. The largest absolute Gasteiger partial charge is 0.398 e. The van der Waals surface area contributed by atoms with Crippen molar-refractivity contribution >= 4 is 48.3 Å². The summed E-state index contributed by atoms with van der Waals surface area (Å²) in [6, 6.07) is 10.0. The van der Waals surface area contributed by atoms with E-state index in [1.807, 2.05) is 24.3 Å². The minimum absolute atomic E-state index is 0.755. The maximum absolute atomic E-state index is 5.81. The molecule has 1 nitrogen and oxygen atoms in total. The Morgan fingerprint density at radius 3 is 2.31 bits per heavy atom. The maximum atomic E-state index is 5.81. The van der Waals surface area contributed by atoms with Gasteiger partial charge in [-0.25, -0.2) is 0 Å². The molecule has 0 bridgehead atoms. The third-order valence-corrected chi connectivity index (χ3v) is 3.50. The van der Waals surface area contributed by atoms with Gasteiger partial charge in [-0.15, -0.1) is 0 Å². The third-order valence-electron chi connectivity index (χ3n) is 1.96. The lowest BCUT2D eigenvalue weighted by molar-refractivity contribution is 1.65. The second-order valence-electron chi connectivity index (χ2n) is 2.81. The topological polar surface area (TPSA) is 26.0 Å². The minimum atomic E-state index is 0.755. The highest BCUT2D eigenvalue weighted by molar-refractivity contribution is 9.11. The molecule has 0 aliphatic carbocycles. The van der Waals surface area contributed by atoms with E-state index >= 15 is 0 Å². The zero-order valence-corrected chi connectivity index (χ0v) is 9.89.